The van der Waals surface area contributed by atoms with Gasteiger partial charge in [-0.3, -0.25) is 9.59 Å². The van der Waals surface area contributed by atoms with Gasteiger partial charge in [-0.05, 0) is 67.6 Å². The predicted molar refractivity (Wildman–Crippen MR) is 120 cm³/mol. The molecule has 3 aromatic carbocycles. The minimum Gasteiger partial charge on any atom is -0.494 e. The molecule has 0 aliphatic carbocycles. The van der Waals surface area contributed by atoms with Gasteiger partial charge in [0.1, 0.15) is 5.75 Å². The normalized spacial score (nSPS) is 10.2. The molecule has 0 fully saturated rings. The molecular weight excluding hydrogens is 378 g/mol. The second-order valence-electron chi connectivity index (χ2n) is 6.73. The second-order valence-corrected chi connectivity index (χ2v) is 6.73. The molecule has 2 amide bonds. The van der Waals surface area contributed by atoms with Crippen molar-refractivity contribution in [1.29, 1.82) is 0 Å². The van der Waals surface area contributed by atoms with Crippen molar-refractivity contribution < 1.29 is 14.3 Å². The lowest BCUT2D eigenvalue weighted by Crippen LogP contribution is -2.30. The number of benzene rings is 3. The number of para-hydroxylation sites is 1. The minimum atomic E-state index is -0.221. The van der Waals surface area contributed by atoms with E-state index >= 15 is 0 Å². The molecule has 2 N–H and O–H groups in total. The van der Waals surface area contributed by atoms with Gasteiger partial charge in [0, 0.05) is 29.7 Å². The fourth-order valence-electron chi connectivity index (χ4n) is 2.90. The van der Waals surface area contributed by atoms with E-state index in [2.05, 4.69) is 10.6 Å². The summed E-state index contributed by atoms with van der Waals surface area (Å²) in [6.07, 6.45) is 0. The van der Waals surface area contributed by atoms with Crippen molar-refractivity contribution in [2.75, 3.05) is 35.7 Å². The highest BCUT2D eigenvalue weighted by Crippen LogP contribution is 2.17. The molecule has 154 valence electrons. The molecule has 0 aromatic heterocycles. The molecule has 0 unspecified atom stereocenters. The Balaban J connectivity index is 1.53. The first kappa shape index (κ1) is 20.9. The van der Waals surface area contributed by atoms with E-state index in [1.165, 1.54) is 0 Å². The number of nitrogens with one attached hydrogen (secondary N) is 2. The molecule has 0 saturated carbocycles. The molecule has 0 heterocycles. The van der Waals surface area contributed by atoms with Crippen molar-refractivity contribution in [3.63, 3.8) is 0 Å². The van der Waals surface area contributed by atoms with E-state index < -0.39 is 0 Å². The largest absolute Gasteiger partial charge is 0.494 e. The summed E-state index contributed by atoms with van der Waals surface area (Å²) in [5.41, 5.74) is 2.79. The average Bonchev–Trinajstić information content (AvgIpc) is 2.76. The zero-order chi connectivity index (χ0) is 21.3. The molecule has 0 saturated heterocycles. The van der Waals surface area contributed by atoms with Crippen LogP contribution in [0.4, 0.5) is 17.1 Å². The summed E-state index contributed by atoms with van der Waals surface area (Å²) in [7, 11) is 1.86. The van der Waals surface area contributed by atoms with Gasteiger partial charge in [0.25, 0.3) is 5.91 Å². The highest BCUT2D eigenvalue weighted by molar-refractivity contribution is 6.04. The van der Waals surface area contributed by atoms with Crippen molar-refractivity contribution in [2.45, 2.75) is 6.92 Å². The second kappa shape index (κ2) is 10.1. The summed E-state index contributed by atoms with van der Waals surface area (Å²) < 4.78 is 5.39. The van der Waals surface area contributed by atoms with Gasteiger partial charge in [-0.15, -0.1) is 0 Å². The number of carbonyl (C=O) groups is 2. The summed E-state index contributed by atoms with van der Waals surface area (Å²) in [6, 6.07) is 23.7. The molecule has 6 heteroatoms. The highest BCUT2D eigenvalue weighted by Gasteiger charge is 2.10. The fraction of sp³-hybridized carbons (Fsp3) is 0.167. The number of amides is 2. The Morgan fingerprint density at radius 3 is 2.07 bits per heavy atom. The van der Waals surface area contributed by atoms with E-state index in [-0.39, 0.29) is 18.4 Å². The van der Waals surface area contributed by atoms with Crippen molar-refractivity contribution in [2.24, 2.45) is 0 Å². The van der Waals surface area contributed by atoms with Crippen LogP contribution < -0.4 is 20.3 Å². The Hall–Kier alpha value is -3.80. The van der Waals surface area contributed by atoms with Gasteiger partial charge in [0.15, 0.2) is 0 Å². The zero-order valence-corrected chi connectivity index (χ0v) is 17.1. The van der Waals surface area contributed by atoms with Gasteiger partial charge in [0.2, 0.25) is 5.91 Å². The number of carbonyl (C=O) groups excluding carboxylic acids is 2. The van der Waals surface area contributed by atoms with E-state index in [9.17, 15) is 9.59 Å². The SMILES string of the molecule is CCOc1ccc(NC(=O)c2ccc(NC(=O)CN(C)c3ccccc3)cc2)cc1. The number of likely N-dealkylation sites (N-methyl/N-ethyl adjacent to an activating group) is 1. The van der Waals surface area contributed by atoms with Crippen LogP contribution in [-0.4, -0.2) is 32.0 Å². The third-order valence-electron chi connectivity index (χ3n) is 4.43. The number of nitrogens with zero attached hydrogens (tertiary/aromatic N) is 1. The number of hydrogen-bond acceptors (Lipinski definition) is 4. The summed E-state index contributed by atoms with van der Waals surface area (Å²) in [5.74, 6) is 0.405. The molecule has 3 rings (SSSR count). The van der Waals surface area contributed by atoms with E-state index in [0.717, 1.165) is 11.4 Å². The van der Waals surface area contributed by atoms with E-state index in [4.69, 9.17) is 4.74 Å². The van der Waals surface area contributed by atoms with Crippen LogP contribution in [0, 0.1) is 0 Å². The Labute approximate surface area is 176 Å². The first-order chi connectivity index (χ1) is 14.5. The van der Waals surface area contributed by atoms with Gasteiger partial charge < -0.3 is 20.3 Å². The summed E-state index contributed by atoms with van der Waals surface area (Å²) in [6.45, 7) is 2.74. The molecule has 0 aliphatic rings. The van der Waals surface area contributed by atoms with Crippen LogP contribution >= 0.6 is 0 Å². The van der Waals surface area contributed by atoms with Crippen LogP contribution in [0.25, 0.3) is 0 Å². The quantitative estimate of drug-likeness (QED) is 0.584. The number of rotatable bonds is 8. The maximum Gasteiger partial charge on any atom is 0.255 e. The highest BCUT2D eigenvalue weighted by atomic mass is 16.5. The summed E-state index contributed by atoms with van der Waals surface area (Å²) in [4.78, 5) is 26.6. The lowest BCUT2D eigenvalue weighted by molar-refractivity contribution is -0.114. The molecule has 0 radical (unpaired) electrons. The Morgan fingerprint density at radius 1 is 0.833 bits per heavy atom. The van der Waals surface area contributed by atoms with Crippen LogP contribution in [0.1, 0.15) is 17.3 Å². The van der Waals surface area contributed by atoms with Crippen molar-refractivity contribution in [3.05, 3.63) is 84.4 Å². The van der Waals surface area contributed by atoms with Crippen LogP contribution in [0.2, 0.25) is 0 Å². The average molecular weight is 403 g/mol. The molecule has 3 aromatic rings. The summed E-state index contributed by atoms with van der Waals surface area (Å²) in [5, 5.41) is 5.69. The Kier molecular flexibility index (Phi) is 7.05. The molecule has 0 bridgehead atoms. The zero-order valence-electron chi connectivity index (χ0n) is 17.1. The predicted octanol–water partition coefficient (Wildman–Crippen LogP) is 4.41. The number of ether oxygens (including phenoxy) is 1. The van der Waals surface area contributed by atoms with Crippen LogP contribution in [0.15, 0.2) is 78.9 Å². The maximum absolute atomic E-state index is 12.4. The first-order valence-electron chi connectivity index (χ1n) is 9.75. The van der Waals surface area contributed by atoms with Crippen LogP contribution in [0.3, 0.4) is 0 Å². The van der Waals surface area contributed by atoms with Crippen molar-refractivity contribution >= 4 is 28.9 Å². The van der Waals surface area contributed by atoms with Gasteiger partial charge in [-0.1, -0.05) is 18.2 Å². The van der Waals surface area contributed by atoms with Crippen molar-refractivity contribution in [3.8, 4) is 5.75 Å². The monoisotopic (exact) mass is 403 g/mol. The Morgan fingerprint density at radius 2 is 1.43 bits per heavy atom. The minimum absolute atomic E-state index is 0.132. The summed E-state index contributed by atoms with van der Waals surface area (Å²) >= 11 is 0. The van der Waals surface area contributed by atoms with Gasteiger partial charge in [0.05, 0.1) is 13.2 Å². The van der Waals surface area contributed by atoms with Gasteiger partial charge in [-0.25, -0.2) is 0 Å². The Bertz CT molecular complexity index is 971. The molecular formula is C24H25N3O3. The third-order valence-corrected chi connectivity index (χ3v) is 4.43. The maximum atomic E-state index is 12.4. The van der Waals surface area contributed by atoms with Crippen molar-refractivity contribution in [1.82, 2.24) is 0 Å². The number of anilines is 3. The topological polar surface area (TPSA) is 70.7 Å². The van der Waals surface area contributed by atoms with Gasteiger partial charge in [-0.2, -0.15) is 0 Å². The van der Waals surface area contributed by atoms with E-state index in [1.54, 1.807) is 36.4 Å². The smallest absolute Gasteiger partial charge is 0.255 e. The van der Waals surface area contributed by atoms with E-state index in [1.807, 2.05) is 61.3 Å². The molecule has 0 atom stereocenters. The molecule has 30 heavy (non-hydrogen) atoms. The van der Waals surface area contributed by atoms with Crippen LogP contribution in [0.5, 0.6) is 5.75 Å². The fourth-order valence-corrected chi connectivity index (χ4v) is 2.90. The molecule has 0 spiro atoms. The lowest BCUT2D eigenvalue weighted by Gasteiger charge is -2.18. The number of hydrogen-bond donors (Lipinski definition) is 2. The molecule has 6 nitrogen and oxygen atoms in total. The van der Waals surface area contributed by atoms with E-state index in [0.29, 0.717) is 23.5 Å². The van der Waals surface area contributed by atoms with Gasteiger partial charge >= 0.3 is 0 Å². The molecule has 0 aliphatic heterocycles. The first-order valence-corrected chi connectivity index (χ1v) is 9.75. The standard InChI is InChI=1S/C24H25N3O3/c1-3-30-22-15-13-20(14-16-22)26-24(29)18-9-11-19(12-10-18)25-23(28)17-27(2)21-7-5-4-6-8-21/h4-16H,3,17H2,1-2H3,(H,25,28)(H,26,29). The lowest BCUT2D eigenvalue weighted by atomic mass is 10.2. The third kappa shape index (κ3) is 5.85. The van der Waals surface area contributed by atoms with Crippen LogP contribution in [-0.2, 0) is 4.79 Å².